The zero-order valence-corrected chi connectivity index (χ0v) is 13.0. The molecule has 5 nitrogen and oxygen atoms in total. The lowest BCUT2D eigenvalue weighted by atomic mass is 9.89. The molecule has 20 heavy (non-hydrogen) atoms. The number of piperidine rings is 1. The number of esters is 1. The summed E-state index contributed by atoms with van der Waals surface area (Å²) in [6.07, 6.45) is 5.74. The number of fused-ring (bicyclic) bond motifs is 2. The van der Waals surface area contributed by atoms with Gasteiger partial charge in [0.15, 0.2) is 0 Å². The molecule has 2 heterocycles. The quantitative estimate of drug-likeness (QED) is 0.753. The van der Waals surface area contributed by atoms with E-state index < -0.39 is 6.04 Å². The van der Waals surface area contributed by atoms with E-state index >= 15 is 0 Å². The van der Waals surface area contributed by atoms with Gasteiger partial charge in [-0.2, -0.15) is 0 Å². The molecule has 0 radical (unpaired) electrons. The van der Waals surface area contributed by atoms with E-state index in [0.717, 1.165) is 12.8 Å². The Hall–Kier alpha value is -0.810. The summed E-state index contributed by atoms with van der Waals surface area (Å²) in [6, 6.07) is 0.689. The molecule has 1 amide bonds. The molecule has 0 aromatic rings. The van der Waals surface area contributed by atoms with Gasteiger partial charge in [0.1, 0.15) is 6.04 Å². The molecule has 0 aromatic carbocycles. The maximum absolute atomic E-state index is 12.0. The zero-order chi connectivity index (χ0) is 13.8. The van der Waals surface area contributed by atoms with E-state index in [1.807, 2.05) is 6.92 Å². The minimum Gasteiger partial charge on any atom is -0.467 e. The first-order chi connectivity index (χ1) is 9.12. The molecule has 2 N–H and O–H groups in total. The van der Waals surface area contributed by atoms with Crippen LogP contribution >= 0.6 is 12.4 Å². The van der Waals surface area contributed by atoms with Crippen LogP contribution in [0.25, 0.3) is 0 Å². The number of carbonyl (C=O) groups is 2. The van der Waals surface area contributed by atoms with Crippen LogP contribution < -0.4 is 10.6 Å². The van der Waals surface area contributed by atoms with Crippen molar-refractivity contribution in [2.75, 3.05) is 7.11 Å². The van der Waals surface area contributed by atoms with Crippen LogP contribution in [0.5, 0.6) is 0 Å². The third-order valence-electron chi connectivity index (χ3n) is 4.27. The summed E-state index contributed by atoms with van der Waals surface area (Å²) in [7, 11) is 1.35. The second-order valence-corrected chi connectivity index (χ2v) is 5.73. The van der Waals surface area contributed by atoms with Crippen molar-refractivity contribution in [1.82, 2.24) is 10.6 Å². The maximum Gasteiger partial charge on any atom is 0.328 e. The average Bonchev–Trinajstić information content (AvgIpc) is 2.74. The number of carbonyl (C=O) groups excluding carboxylic acids is 2. The van der Waals surface area contributed by atoms with E-state index in [1.54, 1.807) is 0 Å². The lowest BCUT2D eigenvalue weighted by molar-refractivity contribution is -0.145. The van der Waals surface area contributed by atoms with Gasteiger partial charge in [0, 0.05) is 18.5 Å². The van der Waals surface area contributed by atoms with Gasteiger partial charge < -0.3 is 15.4 Å². The van der Waals surface area contributed by atoms with Crippen LogP contribution in [-0.2, 0) is 14.3 Å². The Morgan fingerprint density at radius 2 is 1.90 bits per heavy atom. The Balaban J connectivity index is 0.00000200. The molecular weight excluding hydrogens is 280 g/mol. The molecule has 2 fully saturated rings. The fraction of sp³-hybridized carbons (Fsp3) is 0.857. The Labute approximate surface area is 126 Å². The van der Waals surface area contributed by atoms with E-state index in [0.29, 0.717) is 30.8 Å². The molecule has 3 unspecified atom stereocenters. The molecular formula is C14H25ClN2O3. The van der Waals surface area contributed by atoms with Crippen LogP contribution in [0.3, 0.4) is 0 Å². The van der Waals surface area contributed by atoms with Crippen molar-refractivity contribution in [1.29, 1.82) is 0 Å². The summed E-state index contributed by atoms with van der Waals surface area (Å²) in [5.41, 5.74) is 0. The fourth-order valence-corrected chi connectivity index (χ4v) is 3.33. The summed E-state index contributed by atoms with van der Waals surface area (Å²) in [5.74, 6) is 0.0682. The summed E-state index contributed by atoms with van der Waals surface area (Å²) < 4.78 is 4.67. The summed E-state index contributed by atoms with van der Waals surface area (Å²) in [4.78, 5) is 23.4. The molecule has 0 aliphatic carbocycles. The molecule has 3 atom stereocenters. The summed E-state index contributed by atoms with van der Waals surface area (Å²) in [6.45, 7) is 1.87. The molecule has 0 spiro atoms. The van der Waals surface area contributed by atoms with Gasteiger partial charge in [0.2, 0.25) is 5.91 Å². The summed E-state index contributed by atoms with van der Waals surface area (Å²) in [5, 5.41) is 6.35. The normalized spacial score (nSPS) is 29.2. The van der Waals surface area contributed by atoms with Gasteiger partial charge >= 0.3 is 5.97 Å². The largest absolute Gasteiger partial charge is 0.467 e. The van der Waals surface area contributed by atoms with Gasteiger partial charge in [0.25, 0.3) is 0 Å². The van der Waals surface area contributed by atoms with Crippen LogP contribution in [-0.4, -0.2) is 37.1 Å². The van der Waals surface area contributed by atoms with Crippen molar-refractivity contribution < 1.29 is 14.3 Å². The topological polar surface area (TPSA) is 67.4 Å². The van der Waals surface area contributed by atoms with Crippen LogP contribution in [0.15, 0.2) is 0 Å². The highest BCUT2D eigenvalue weighted by Gasteiger charge is 2.34. The van der Waals surface area contributed by atoms with E-state index in [-0.39, 0.29) is 24.3 Å². The molecule has 2 bridgehead atoms. The van der Waals surface area contributed by atoms with Crippen molar-refractivity contribution in [3.05, 3.63) is 0 Å². The second kappa shape index (κ2) is 7.84. The molecule has 2 saturated heterocycles. The van der Waals surface area contributed by atoms with E-state index in [4.69, 9.17) is 0 Å². The van der Waals surface area contributed by atoms with Crippen molar-refractivity contribution in [2.45, 2.75) is 63.6 Å². The molecule has 0 saturated carbocycles. The molecule has 2 rings (SSSR count). The molecule has 2 aliphatic rings. The van der Waals surface area contributed by atoms with Gasteiger partial charge in [-0.05, 0) is 38.0 Å². The Kier molecular flexibility index (Phi) is 6.76. The van der Waals surface area contributed by atoms with Gasteiger partial charge in [-0.15, -0.1) is 12.4 Å². The number of methoxy groups -OCH3 is 1. The van der Waals surface area contributed by atoms with Gasteiger partial charge in [-0.3, -0.25) is 4.79 Å². The monoisotopic (exact) mass is 304 g/mol. The number of amides is 1. The summed E-state index contributed by atoms with van der Waals surface area (Å²) >= 11 is 0. The SMILES string of the molecule is CCC(NC(=O)CC1CC2CCC(C1)N2)C(=O)OC.Cl. The van der Waals surface area contributed by atoms with E-state index in [1.165, 1.54) is 20.0 Å². The zero-order valence-electron chi connectivity index (χ0n) is 12.2. The van der Waals surface area contributed by atoms with Crippen LogP contribution in [0.2, 0.25) is 0 Å². The number of halogens is 1. The fourth-order valence-electron chi connectivity index (χ4n) is 3.33. The first kappa shape index (κ1) is 17.2. The number of hydrogen-bond acceptors (Lipinski definition) is 4. The lowest BCUT2D eigenvalue weighted by Gasteiger charge is -2.29. The maximum atomic E-state index is 12.0. The van der Waals surface area contributed by atoms with Gasteiger partial charge in [0.05, 0.1) is 7.11 Å². The minimum atomic E-state index is -0.504. The number of rotatable bonds is 5. The molecule has 0 aromatic heterocycles. The standard InChI is InChI=1S/C14H24N2O3.ClH/c1-3-12(14(18)19-2)16-13(17)8-9-6-10-4-5-11(7-9)15-10;/h9-12,15H,3-8H2,1-2H3,(H,16,17);1H. The number of ether oxygens (including phenoxy) is 1. The smallest absolute Gasteiger partial charge is 0.328 e. The minimum absolute atomic E-state index is 0. The average molecular weight is 305 g/mol. The van der Waals surface area contributed by atoms with Crippen LogP contribution in [0.1, 0.15) is 45.4 Å². The van der Waals surface area contributed by atoms with Crippen molar-refractivity contribution in [2.24, 2.45) is 5.92 Å². The Morgan fingerprint density at radius 3 is 2.40 bits per heavy atom. The second-order valence-electron chi connectivity index (χ2n) is 5.73. The molecule has 6 heteroatoms. The lowest BCUT2D eigenvalue weighted by Crippen LogP contribution is -2.43. The highest BCUT2D eigenvalue weighted by atomic mass is 35.5. The van der Waals surface area contributed by atoms with Gasteiger partial charge in [-0.1, -0.05) is 6.92 Å². The number of nitrogens with one attached hydrogen (secondary N) is 2. The predicted octanol–water partition coefficient (Wildman–Crippen LogP) is 1.40. The van der Waals surface area contributed by atoms with E-state index in [2.05, 4.69) is 15.4 Å². The van der Waals surface area contributed by atoms with Crippen LogP contribution in [0.4, 0.5) is 0 Å². The van der Waals surface area contributed by atoms with Crippen molar-refractivity contribution in [3.8, 4) is 0 Å². The highest BCUT2D eigenvalue weighted by Crippen LogP contribution is 2.32. The van der Waals surface area contributed by atoms with Gasteiger partial charge in [-0.25, -0.2) is 4.79 Å². The van der Waals surface area contributed by atoms with Crippen molar-refractivity contribution >= 4 is 24.3 Å². The Morgan fingerprint density at radius 1 is 1.30 bits per heavy atom. The number of hydrogen-bond donors (Lipinski definition) is 2. The van der Waals surface area contributed by atoms with Crippen molar-refractivity contribution in [3.63, 3.8) is 0 Å². The molecule has 116 valence electrons. The third kappa shape index (κ3) is 4.35. The first-order valence-corrected chi connectivity index (χ1v) is 7.25. The third-order valence-corrected chi connectivity index (χ3v) is 4.27. The van der Waals surface area contributed by atoms with E-state index in [9.17, 15) is 9.59 Å². The Bertz CT molecular complexity index is 339. The van der Waals surface area contributed by atoms with Crippen LogP contribution in [0, 0.1) is 5.92 Å². The highest BCUT2D eigenvalue weighted by molar-refractivity contribution is 5.85. The molecule has 2 aliphatic heterocycles. The first-order valence-electron chi connectivity index (χ1n) is 7.25. The predicted molar refractivity (Wildman–Crippen MR) is 78.8 cm³/mol.